The molecule has 4 aliphatic carbocycles. The molecule has 8 rings (SSSR count). The number of benzene rings is 2. The van der Waals surface area contributed by atoms with E-state index in [2.05, 4.69) is 69.0 Å². The van der Waals surface area contributed by atoms with Crippen LogP contribution in [0.1, 0.15) is 144 Å². The van der Waals surface area contributed by atoms with Crippen molar-refractivity contribution in [3.05, 3.63) is 125 Å². The van der Waals surface area contributed by atoms with Crippen molar-refractivity contribution < 1.29 is 62.9 Å². The summed E-state index contributed by atoms with van der Waals surface area (Å²) in [7, 11) is 3.97. The summed E-state index contributed by atoms with van der Waals surface area (Å²) in [5.74, 6) is -0.815. The molecule has 14 heteroatoms. The van der Waals surface area contributed by atoms with E-state index in [1.165, 1.54) is 48.3 Å². The topological polar surface area (TPSA) is 139 Å². The van der Waals surface area contributed by atoms with Crippen LogP contribution in [0.4, 0.5) is 0 Å². The Morgan fingerprint density at radius 3 is 1.09 bits per heavy atom. The van der Waals surface area contributed by atoms with E-state index in [1.807, 2.05) is 14.1 Å². The van der Waals surface area contributed by atoms with Gasteiger partial charge in [-0.3, -0.25) is 38.6 Å². The van der Waals surface area contributed by atoms with Crippen LogP contribution >= 0.6 is 0 Å². The first-order chi connectivity index (χ1) is 31.1. The van der Waals surface area contributed by atoms with E-state index in [1.54, 1.807) is 24.3 Å². The first kappa shape index (κ1) is 65.8. The summed E-state index contributed by atoms with van der Waals surface area (Å²) >= 11 is 0. The number of rotatable bonds is 20. The third-order valence-corrected chi connectivity index (χ3v) is 12.9. The molecule has 0 saturated carbocycles. The SMILES string of the molecule is C1=CCCC1.C1=CCCC1.CN(CCCNC(=O)C[C@H]1C=CCC1)CCCN1C(=O)c2ccc3c4c(ccc(c24)C1=O)C(=O)N(CCCN(C)CCCNC(=O)C[C@H]1C=CCC1)C3=O.[CH3-].[CH3-].[CH3-].[CH3-].[Fe+2].[Fe+2]. The monoisotopic (exact) mass is 1050 g/mol. The molecule has 2 aromatic rings. The average Bonchev–Trinajstić information content (AvgIpc) is 4.16. The summed E-state index contributed by atoms with van der Waals surface area (Å²) in [5.41, 5.74) is 1.29. The molecule has 2 aromatic carbocycles. The summed E-state index contributed by atoms with van der Waals surface area (Å²) in [6.45, 7) is 4.58. The van der Waals surface area contributed by atoms with E-state index in [0.717, 1.165) is 51.6 Å². The second-order valence-electron chi connectivity index (χ2n) is 18.1. The summed E-state index contributed by atoms with van der Waals surface area (Å²) < 4.78 is 0. The molecule has 0 fully saturated rings. The van der Waals surface area contributed by atoms with Gasteiger partial charge in [0.1, 0.15) is 0 Å². The quantitative estimate of drug-likeness (QED) is 0.0440. The number of hydrogen-bond donors (Lipinski definition) is 2. The minimum atomic E-state index is -0.422. The largest absolute Gasteiger partial charge is 2.00 e. The van der Waals surface area contributed by atoms with Crippen molar-refractivity contribution in [2.45, 2.75) is 103 Å². The van der Waals surface area contributed by atoms with Crippen LogP contribution < -0.4 is 10.6 Å². The molecule has 0 spiro atoms. The van der Waals surface area contributed by atoms with Gasteiger partial charge >= 0.3 is 34.1 Å². The predicted octanol–water partition coefficient (Wildman–Crippen LogP) is 9.65. The molecule has 6 aliphatic rings. The van der Waals surface area contributed by atoms with Gasteiger partial charge in [-0.05, 0) is 166 Å². The second-order valence-corrected chi connectivity index (χ2v) is 18.1. The molecule has 0 unspecified atom stereocenters. The minimum Gasteiger partial charge on any atom is -0.358 e. The van der Waals surface area contributed by atoms with Gasteiger partial charge in [-0.25, -0.2) is 0 Å². The molecular weight excluding hydrogens is 964 g/mol. The first-order valence-corrected chi connectivity index (χ1v) is 24.0. The zero-order valence-corrected chi connectivity index (χ0v) is 45.2. The number of imide groups is 2. The molecular formula is C56H82Fe2N6O6. The molecule has 0 radical (unpaired) electrons. The van der Waals surface area contributed by atoms with Crippen LogP contribution in [-0.2, 0) is 43.7 Å². The Labute approximate surface area is 442 Å². The standard InChI is InChI=1S/C42H54N6O6.2C5H8.4CH3.2Fe/c1-45(21-7-19-43-35(49)27-29-11-3-4-12-29)23-9-25-47-39(51)31-15-17-33-38-34(18-16-32(37(31)38)40(47)52)42(54)48(41(33)53)26-10-24-46(2)22-8-20-44-36(50)28-30-13-5-6-14-30;2*1-2-4-5-3-1;;;;;;/h3,5,11,13,15-18,29-30H,4,6-10,12,14,19-28H2,1-2H3,(H,43,49)(H,44,50);2*1-2H,3-5H2;4*1H3;;/q;;;4*-1;2*+2/t29-,30-;;;;;;;;/m0......../s1. The van der Waals surface area contributed by atoms with Crippen LogP contribution in [0.15, 0.2) is 72.9 Å². The molecule has 2 N–H and O–H groups in total. The fourth-order valence-electron chi connectivity index (χ4n) is 9.29. The molecule has 0 bridgehead atoms. The minimum absolute atomic E-state index is 0. The van der Waals surface area contributed by atoms with Gasteiger partial charge in [0.25, 0.3) is 23.6 Å². The Morgan fingerprint density at radius 2 is 0.814 bits per heavy atom. The number of amides is 6. The number of hydrogen-bond acceptors (Lipinski definition) is 8. The maximum atomic E-state index is 13.7. The van der Waals surface area contributed by atoms with Crippen molar-refractivity contribution in [1.82, 2.24) is 30.2 Å². The average molecular weight is 1050 g/mol. The van der Waals surface area contributed by atoms with Gasteiger partial charge < -0.3 is 50.1 Å². The first-order valence-electron chi connectivity index (χ1n) is 24.0. The van der Waals surface area contributed by atoms with E-state index >= 15 is 0 Å². The van der Waals surface area contributed by atoms with Crippen molar-refractivity contribution in [3.63, 3.8) is 0 Å². The second kappa shape index (κ2) is 34.2. The molecule has 70 heavy (non-hydrogen) atoms. The maximum Gasteiger partial charge on any atom is 2.00 e. The van der Waals surface area contributed by atoms with Crippen LogP contribution in [0.3, 0.4) is 0 Å². The third kappa shape index (κ3) is 18.8. The van der Waals surface area contributed by atoms with Crippen LogP contribution in [-0.4, -0.2) is 121 Å². The molecule has 2 heterocycles. The Kier molecular flexibility index (Phi) is 32.2. The van der Waals surface area contributed by atoms with Crippen LogP contribution in [0.25, 0.3) is 10.8 Å². The van der Waals surface area contributed by atoms with E-state index in [9.17, 15) is 28.8 Å². The smallest absolute Gasteiger partial charge is 0.358 e. The zero-order valence-electron chi connectivity index (χ0n) is 43.0. The Balaban J connectivity index is 0.00000265. The molecule has 0 aromatic heterocycles. The van der Waals surface area contributed by atoms with Crippen LogP contribution in [0, 0.1) is 41.5 Å². The molecule has 2 atom stereocenters. The van der Waals surface area contributed by atoms with Gasteiger partial charge in [0.2, 0.25) is 11.8 Å². The van der Waals surface area contributed by atoms with Gasteiger partial charge in [-0.15, -0.1) is 0 Å². The van der Waals surface area contributed by atoms with Gasteiger partial charge in [0.15, 0.2) is 0 Å². The summed E-state index contributed by atoms with van der Waals surface area (Å²) in [6, 6.07) is 6.44. The van der Waals surface area contributed by atoms with Gasteiger partial charge in [0, 0.05) is 72.0 Å². The number of nitrogens with one attached hydrogen (secondary N) is 2. The molecule has 12 nitrogen and oxygen atoms in total. The molecule has 6 amide bonds. The van der Waals surface area contributed by atoms with Crippen molar-refractivity contribution in [1.29, 1.82) is 0 Å². The van der Waals surface area contributed by atoms with Crippen molar-refractivity contribution in [2.24, 2.45) is 11.8 Å². The Morgan fingerprint density at radius 1 is 0.500 bits per heavy atom. The Bertz CT molecular complexity index is 1890. The maximum absolute atomic E-state index is 13.7. The molecule has 2 aliphatic heterocycles. The molecule has 0 saturated heterocycles. The fourth-order valence-corrected chi connectivity index (χ4v) is 9.29. The number of carbonyl (C=O) groups is 6. The molecule has 388 valence electrons. The zero-order chi connectivity index (χ0) is 45.3. The van der Waals surface area contributed by atoms with Gasteiger partial charge in [0.05, 0.1) is 0 Å². The normalized spacial score (nSPS) is 17.6. The van der Waals surface area contributed by atoms with Crippen molar-refractivity contribution in [2.75, 3.05) is 66.5 Å². The number of nitrogens with zero attached hydrogens (tertiary/aromatic N) is 4. The van der Waals surface area contributed by atoms with E-state index in [0.29, 0.717) is 96.7 Å². The van der Waals surface area contributed by atoms with E-state index < -0.39 is 23.6 Å². The summed E-state index contributed by atoms with van der Waals surface area (Å²) in [6.07, 6.45) is 33.5. The van der Waals surface area contributed by atoms with E-state index in [-0.39, 0.29) is 88.7 Å². The predicted molar refractivity (Wildman–Crippen MR) is 279 cm³/mol. The van der Waals surface area contributed by atoms with Gasteiger partial charge in [-0.2, -0.15) is 0 Å². The number of allylic oxidation sites excluding steroid dienone is 8. The van der Waals surface area contributed by atoms with Gasteiger partial charge in [-0.1, -0.05) is 48.6 Å². The van der Waals surface area contributed by atoms with E-state index in [4.69, 9.17) is 0 Å². The summed E-state index contributed by atoms with van der Waals surface area (Å²) in [4.78, 5) is 85.9. The third-order valence-electron chi connectivity index (χ3n) is 12.9. The van der Waals surface area contributed by atoms with Crippen LogP contribution in [0.5, 0.6) is 0 Å². The Hall–Kier alpha value is -4.16. The van der Waals surface area contributed by atoms with Crippen molar-refractivity contribution in [3.8, 4) is 0 Å². The van der Waals surface area contributed by atoms with Crippen molar-refractivity contribution >= 4 is 46.2 Å². The van der Waals surface area contributed by atoms with Crippen LogP contribution in [0.2, 0.25) is 0 Å². The number of carbonyl (C=O) groups excluding carboxylic acids is 6. The summed E-state index contributed by atoms with van der Waals surface area (Å²) in [5, 5.41) is 6.77. The fraction of sp³-hybridized carbons (Fsp3) is 0.500.